The lowest BCUT2D eigenvalue weighted by atomic mass is 10.1. The van der Waals surface area contributed by atoms with Gasteiger partial charge < -0.3 is 4.90 Å². The molecule has 1 amide bonds. The quantitative estimate of drug-likeness (QED) is 0.490. The third-order valence-corrected chi connectivity index (χ3v) is 4.81. The Hall–Kier alpha value is -3.67. The number of aromatic nitrogens is 3. The Morgan fingerprint density at radius 3 is 2.00 bits per heavy atom. The van der Waals surface area contributed by atoms with Crippen molar-refractivity contribution in [2.24, 2.45) is 0 Å². The van der Waals surface area contributed by atoms with Gasteiger partial charge in [-0.25, -0.2) is 9.48 Å². The number of hydrogen-bond acceptors (Lipinski definition) is 3. The summed E-state index contributed by atoms with van der Waals surface area (Å²) < 4.78 is 2.84. The lowest BCUT2D eigenvalue weighted by Crippen LogP contribution is -2.32. The van der Waals surface area contributed by atoms with Crippen LogP contribution in [0.15, 0.2) is 89.9 Å². The highest BCUT2D eigenvalue weighted by molar-refractivity contribution is 5.76. The molecular formula is C23H22N4O2. The second-order valence-electron chi connectivity index (χ2n) is 6.91. The van der Waals surface area contributed by atoms with Gasteiger partial charge in [0.15, 0.2) is 5.65 Å². The molecule has 0 aliphatic rings. The van der Waals surface area contributed by atoms with E-state index in [1.807, 2.05) is 71.6 Å². The summed E-state index contributed by atoms with van der Waals surface area (Å²) in [5.41, 5.74) is 2.49. The Labute approximate surface area is 168 Å². The van der Waals surface area contributed by atoms with Crippen LogP contribution in [0, 0.1) is 0 Å². The van der Waals surface area contributed by atoms with Crippen LogP contribution >= 0.6 is 0 Å². The molecule has 6 heteroatoms. The van der Waals surface area contributed by atoms with E-state index in [0.29, 0.717) is 18.7 Å². The second-order valence-corrected chi connectivity index (χ2v) is 6.91. The number of benzene rings is 2. The molecule has 0 fully saturated rings. The lowest BCUT2D eigenvalue weighted by Gasteiger charge is -2.23. The van der Waals surface area contributed by atoms with Gasteiger partial charge in [0.25, 0.3) is 0 Å². The number of hydrogen-bond donors (Lipinski definition) is 0. The average molecular weight is 386 g/mol. The molecule has 0 saturated heterocycles. The molecule has 2 aromatic heterocycles. The molecule has 0 atom stereocenters. The first kappa shape index (κ1) is 18.7. The van der Waals surface area contributed by atoms with Gasteiger partial charge in [-0.15, -0.1) is 5.10 Å². The van der Waals surface area contributed by atoms with Gasteiger partial charge in [0.1, 0.15) is 0 Å². The van der Waals surface area contributed by atoms with E-state index in [-0.39, 0.29) is 24.6 Å². The number of nitrogens with zero attached hydrogens (tertiary/aromatic N) is 4. The molecule has 0 unspecified atom stereocenters. The number of rotatable bonds is 7. The van der Waals surface area contributed by atoms with Gasteiger partial charge in [0, 0.05) is 25.7 Å². The van der Waals surface area contributed by atoms with Crippen molar-refractivity contribution < 1.29 is 4.79 Å². The van der Waals surface area contributed by atoms with E-state index in [9.17, 15) is 9.59 Å². The lowest BCUT2D eigenvalue weighted by molar-refractivity contribution is -0.132. The van der Waals surface area contributed by atoms with Crippen molar-refractivity contribution in [1.29, 1.82) is 0 Å². The van der Waals surface area contributed by atoms with Crippen LogP contribution in [0.4, 0.5) is 0 Å². The molecule has 0 bridgehead atoms. The predicted molar refractivity (Wildman–Crippen MR) is 111 cm³/mol. The van der Waals surface area contributed by atoms with Gasteiger partial charge >= 0.3 is 5.69 Å². The molecule has 29 heavy (non-hydrogen) atoms. The van der Waals surface area contributed by atoms with Gasteiger partial charge in [-0.05, 0) is 23.3 Å². The summed E-state index contributed by atoms with van der Waals surface area (Å²) in [5.74, 6) is -0.0123. The molecule has 2 heterocycles. The molecule has 0 aliphatic heterocycles. The molecule has 4 rings (SSSR count). The summed E-state index contributed by atoms with van der Waals surface area (Å²) >= 11 is 0. The van der Waals surface area contributed by atoms with Crippen LogP contribution in [-0.2, 0) is 24.4 Å². The van der Waals surface area contributed by atoms with Crippen molar-refractivity contribution in [1.82, 2.24) is 19.1 Å². The average Bonchev–Trinajstić information content (AvgIpc) is 3.09. The molecule has 6 nitrogen and oxygen atoms in total. The van der Waals surface area contributed by atoms with Crippen LogP contribution < -0.4 is 5.69 Å². The predicted octanol–water partition coefficient (Wildman–Crippen LogP) is 3.12. The number of pyridine rings is 1. The third kappa shape index (κ3) is 4.43. The summed E-state index contributed by atoms with van der Waals surface area (Å²) in [4.78, 5) is 27.3. The summed E-state index contributed by atoms with van der Waals surface area (Å²) in [6.07, 6.45) is 1.89. The van der Waals surface area contributed by atoms with Crippen molar-refractivity contribution >= 4 is 11.6 Å². The Morgan fingerprint density at radius 2 is 1.41 bits per heavy atom. The van der Waals surface area contributed by atoms with Crippen molar-refractivity contribution in [3.63, 3.8) is 0 Å². The molecule has 0 aliphatic carbocycles. The normalized spacial score (nSPS) is 10.9. The maximum absolute atomic E-state index is 13.0. The number of carbonyl (C=O) groups excluding carboxylic acids is 1. The molecule has 0 saturated carbocycles. The standard InChI is InChI=1S/C23H22N4O2/c28-22(14-16-27-23(29)26-15-8-7-13-21(26)24-27)25(17-19-9-3-1-4-10-19)18-20-11-5-2-6-12-20/h1-13,15H,14,16-18H2. The first-order valence-corrected chi connectivity index (χ1v) is 9.60. The fraction of sp³-hybridized carbons (Fsp3) is 0.174. The van der Waals surface area contributed by atoms with Gasteiger partial charge in [-0.3, -0.25) is 9.20 Å². The van der Waals surface area contributed by atoms with Crippen LogP contribution in [0.5, 0.6) is 0 Å². The third-order valence-electron chi connectivity index (χ3n) is 4.81. The summed E-state index contributed by atoms with van der Waals surface area (Å²) in [6, 6.07) is 25.2. The van der Waals surface area contributed by atoms with E-state index >= 15 is 0 Å². The zero-order chi connectivity index (χ0) is 20.1. The van der Waals surface area contributed by atoms with Crippen LogP contribution in [0.2, 0.25) is 0 Å². The van der Waals surface area contributed by atoms with E-state index in [4.69, 9.17) is 0 Å². The number of carbonyl (C=O) groups is 1. The Balaban J connectivity index is 1.50. The van der Waals surface area contributed by atoms with Crippen molar-refractivity contribution in [2.45, 2.75) is 26.1 Å². The Kier molecular flexibility index (Phi) is 5.52. The van der Waals surface area contributed by atoms with E-state index in [1.54, 1.807) is 18.3 Å². The van der Waals surface area contributed by atoms with Gasteiger partial charge in [-0.1, -0.05) is 66.7 Å². The number of amides is 1. The van der Waals surface area contributed by atoms with E-state index < -0.39 is 0 Å². The van der Waals surface area contributed by atoms with Crippen LogP contribution in [0.1, 0.15) is 17.5 Å². The zero-order valence-corrected chi connectivity index (χ0v) is 16.0. The molecule has 146 valence electrons. The van der Waals surface area contributed by atoms with Gasteiger partial charge in [0.05, 0.1) is 6.54 Å². The van der Waals surface area contributed by atoms with E-state index in [2.05, 4.69) is 5.10 Å². The SMILES string of the molecule is O=C(CCn1nc2ccccn2c1=O)N(Cc1ccccc1)Cc1ccccc1. The van der Waals surface area contributed by atoms with E-state index in [0.717, 1.165) is 11.1 Å². The summed E-state index contributed by atoms with van der Waals surface area (Å²) in [5, 5.41) is 4.31. The van der Waals surface area contributed by atoms with Crippen molar-refractivity contribution in [3.8, 4) is 0 Å². The molecule has 4 aromatic rings. The maximum atomic E-state index is 13.0. The fourth-order valence-electron chi connectivity index (χ4n) is 3.31. The molecular weight excluding hydrogens is 364 g/mol. The van der Waals surface area contributed by atoms with Crippen molar-refractivity contribution in [3.05, 3.63) is 107 Å². The highest BCUT2D eigenvalue weighted by Crippen LogP contribution is 2.12. The minimum absolute atomic E-state index is 0.0123. The van der Waals surface area contributed by atoms with Crippen molar-refractivity contribution in [2.75, 3.05) is 0 Å². The minimum atomic E-state index is -0.230. The molecule has 2 aromatic carbocycles. The topological polar surface area (TPSA) is 59.6 Å². The van der Waals surface area contributed by atoms with Gasteiger partial charge in [0.2, 0.25) is 5.91 Å². The molecule has 0 radical (unpaired) electrons. The highest BCUT2D eigenvalue weighted by Gasteiger charge is 2.16. The first-order valence-electron chi connectivity index (χ1n) is 9.60. The van der Waals surface area contributed by atoms with Gasteiger partial charge in [-0.2, -0.15) is 0 Å². The fourth-order valence-corrected chi connectivity index (χ4v) is 3.31. The second kappa shape index (κ2) is 8.56. The summed E-state index contributed by atoms with van der Waals surface area (Å²) in [7, 11) is 0. The zero-order valence-electron chi connectivity index (χ0n) is 16.0. The minimum Gasteiger partial charge on any atom is -0.334 e. The smallest absolute Gasteiger partial charge is 0.334 e. The Morgan fingerprint density at radius 1 is 0.828 bits per heavy atom. The van der Waals surface area contributed by atoms with Crippen LogP contribution in [0.25, 0.3) is 5.65 Å². The molecule has 0 spiro atoms. The van der Waals surface area contributed by atoms with Crippen LogP contribution in [0.3, 0.4) is 0 Å². The summed E-state index contributed by atoms with van der Waals surface area (Å²) in [6.45, 7) is 1.29. The Bertz CT molecular complexity index is 1110. The maximum Gasteiger partial charge on any atom is 0.350 e. The highest BCUT2D eigenvalue weighted by atomic mass is 16.2. The van der Waals surface area contributed by atoms with E-state index in [1.165, 1.54) is 9.08 Å². The van der Waals surface area contributed by atoms with Crippen LogP contribution in [-0.4, -0.2) is 25.0 Å². The monoisotopic (exact) mass is 386 g/mol. The molecule has 0 N–H and O–H groups in total. The number of fused-ring (bicyclic) bond motifs is 1. The largest absolute Gasteiger partial charge is 0.350 e. The first-order chi connectivity index (χ1) is 14.2. The number of aryl methyl sites for hydroxylation is 1.